The van der Waals surface area contributed by atoms with Crippen LogP contribution in [0.2, 0.25) is 0 Å². The molecule has 0 fully saturated rings. The highest BCUT2D eigenvalue weighted by Crippen LogP contribution is 2.46. The lowest BCUT2D eigenvalue weighted by molar-refractivity contribution is 1.32. The van der Waals surface area contributed by atoms with E-state index in [1.165, 1.54) is 75.7 Å². The van der Waals surface area contributed by atoms with Gasteiger partial charge in [0.1, 0.15) is 0 Å². The molecule has 0 bridgehead atoms. The van der Waals surface area contributed by atoms with E-state index in [1.807, 2.05) is 11.3 Å². The molecule has 0 amide bonds. The molecule has 0 spiro atoms. The zero-order valence-corrected chi connectivity index (χ0v) is 27.1. The van der Waals surface area contributed by atoms with Crippen LogP contribution < -0.4 is 4.90 Å². The summed E-state index contributed by atoms with van der Waals surface area (Å²) in [5, 5.41) is 5.06. The van der Waals surface area contributed by atoms with E-state index in [0.29, 0.717) is 0 Å². The van der Waals surface area contributed by atoms with Gasteiger partial charge in [-0.1, -0.05) is 152 Å². The Kier molecular flexibility index (Phi) is 7.07. The molecule has 0 radical (unpaired) electrons. The SMILES string of the molecule is c1ccc(-c2ccc(-c3ccc(N(c4cccc5ccccc45)c4cccc5c4sc4ccccc45)cc3)cc2-c2ccccc2)cc1. The van der Waals surface area contributed by atoms with Gasteiger partial charge in [-0.15, -0.1) is 11.3 Å². The Hall–Kier alpha value is -5.96. The van der Waals surface area contributed by atoms with Crippen LogP contribution in [0.15, 0.2) is 188 Å². The van der Waals surface area contributed by atoms with Crippen molar-refractivity contribution in [3.8, 4) is 33.4 Å². The van der Waals surface area contributed by atoms with E-state index in [2.05, 4.69) is 193 Å². The van der Waals surface area contributed by atoms with Crippen LogP contribution in [0.25, 0.3) is 64.3 Å². The van der Waals surface area contributed by atoms with E-state index in [1.54, 1.807) is 0 Å². The van der Waals surface area contributed by atoms with Gasteiger partial charge in [0, 0.05) is 26.5 Å². The Bertz CT molecular complexity index is 2540. The predicted molar refractivity (Wildman–Crippen MR) is 208 cm³/mol. The van der Waals surface area contributed by atoms with Crippen molar-refractivity contribution in [2.24, 2.45) is 0 Å². The zero-order valence-electron chi connectivity index (χ0n) is 26.3. The lowest BCUT2D eigenvalue weighted by Crippen LogP contribution is -2.10. The first-order valence-electron chi connectivity index (χ1n) is 16.4. The van der Waals surface area contributed by atoms with Gasteiger partial charge in [-0.3, -0.25) is 0 Å². The van der Waals surface area contributed by atoms with Gasteiger partial charge in [0.15, 0.2) is 0 Å². The maximum atomic E-state index is 2.44. The Labute approximate surface area is 284 Å². The molecule has 0 saturated heterocycles. The quantitative estimate of drug-likeness (QED) is 0.177. The highest BCUT2D eigenvalue weighted by Gasteiger charge is 2.20. The number of hydrogen-bond donors (Lipinski definition) is 0. The second-order valence-corrected chi connectivity index (χ2v) is 13.2. The Balaban J connectivity index is 1.20. The van der Waals surface area contributed by atoms with Crippen LogP contribution in [0.3, 0.4) is 0 Å². The van der Waals surface area contributed by atoms with E-state index in [0.717, 1.165) is 5.69 Å². The van der Waals surface area contributed by atoms with Gasteiger partial charge in [-0.05, 0) is 75.2 Å². The van der Waals surface area contributed by atoms with E-state index < -0.39 is 0 Å². The third-order valence-electron chi connectivity index (χ3n) is 9.28. The van der Waals surface area contributed by atoms with Crippen LogP contribution in [-0.2, 0) is 0 Å². The summed E-state index contributed by atoms with van der Waals surface area (Å²) in [5.74, 6) is 0. The molecule has 0 atom stereocenters. The Morgan fingerprint density at radius 2 is 0.938 bits per heavy atom. The molecule has 1 aromatic heterocycles. The second-order valence-electron chi connectivity index (χ2n) is 12.1. The van der Waals surface area contributed by atoms with Crippen LogP contribution in [0.5, 0.6) is 0 Å². The van der Waals surface area contributed by atoms with Crippen molar-refractivity contribution in [1.29, 1.82) is 0 Å². The van der Waals surface area contributed by atoms with Crippen LogP contribution in [0.1, 0.15) is 0 Å². The highest BCUT2D eigenvalue weighted by molar-refractivity contribution is 7.26. The maximum Gasteiger partial charge on any atom is 0.0640 e. The molecule has 0 aliphatic carbocycles. The molecular formula is C46H31NS. The largest absolute Gasteiger partial charge is 0.308 e. The number of nitrogens with zero attached hydrogens (tertiary/aromatic N) is 1. The fraction of sp³-hybridized carbons (Fsp3) is 0. The number of thiophene rings is 1. The molecule has 0 aliphatic heterocycles. The minimum atomic E-state index is 1.13. The summed E-state index contributed by atoms with van der Waals surface area (Å²) >= 11 is 1.87. The highest BCUT2D eigenvalue weighted by atomic mass is 32.1. The molecule has 9 aromatic rings. The van der Waals surface area contributed by atoms with Crippen molar-refractivity contribution in [2.75, 3.05) is 4.90 Å². The molecule has 48 heavy (non-hydrogen) atoms. The van der Waals surface area contributed by atoms with Gasteiger partial charge < -0.3 is 4.90 Å². The standard InChI is InChI=1S/C46H31NS/c1-3-13-33(14-4-1)38-30-27-36(31-42(38)35-15-5-2-6-16-35)32-25-28-37(29-26-32)47(43-22-11-18-34-17-7-8-19-39(34)43)44-23-12-21-41-40-20-9-10-24-45(40)48-46(41)44/h1-31H. The third kappa shape index (κ3) is 4.95. The average molecular weight is 630 g/mol. The Morgan fingerprint density at radius 1 is 0.354 bits per heavy atom. The number of benzene rings is 8. The van der Waals surface area contributed by atoms with Gasteiger partial charge in [0.2, 0.25) is 0 Å². The fourth-order valence-corrected chi connectivity index (χ4v) is 8.18. The third-order valence-corrected chi connectivity index (χ3v) is 10.5. The molecule has 0 unspecified atom stereocenters. The van der Waals surface area contributed by atoms with Crippen molar-refractivity contribution in [3.63, 3.8) is 0 Å². The molecular weight excluding hydrogens is 599 g/mol. The van der Waals surface area contributed by atoms with Crippen molar-refractivity contribution in [3.05, 3.63) is 188 Å². The van der Waals surface area contributed by atoms with Crippen molar-refractivity contribution >= 4 is 59.3 Å². The smallest absolute Gasteiger partial charge is 0.0640 e. The van der Waals surface area contributed by atoms with Crippen LogP contribution in [0, 0.1) is 0 Å². The van der Waals surface area contributed by atoms with Gasteiger partial charge in [-0.25, -0.2) is 0 Å². The Morgan fingerprint density at radius 3 is 1.73 bits per heavy atom. The fourth-order valence-electron chi connectivity index (χ4n) is 6.97. The predicted octanol–water partition coefficient (Wildman–Crippen LogP) is 13.7. The van der Waals surface area contributed by atoms with Gasteiger partial charge in [0.25, 0.3) is 0 Å². The summed E-state index contributed by atoms with van der Waals surface area (Å²) in [6.45, 7) is 0. The van der Waals surface area contributed by atoms with Gasteiger partial charge in [-0.2, -0.15) is 0 Å². The van der Waals surface area contributed by atoms with E-state index in [-0.39, 0.29) is 0 Å². The molecule has 0 N–H and O–H groups in total. The van der Waals surface area contributed by atoms with Gasteiger partial charge >= 0.3 is 0 Å². The first-order chi connectivity index (χ1) is 23.8. The van der Waals surface area contributed by atoms with Crippen molar-refractivity contribution in [1.82, 2.24) is 0 Å². The molecule has 0 saturated carbocycles. The minimum absolute atomic E-state index is 1.13. The monoisotopic (exact) mass is 629 g/mol. The molecule has 226 valence electrons. The van der Waals surface area contributed by atoms with Crippen LogP contribution >= 0.6 is 11.3 Å². The summed E-state index contributed by atoms with van der Waals surface area (Å²) < 4.78 is 2.60. The summed E-state index contributed by atoms with van der Waals surface area (Å²) in [6, 6.07) is 68.1. The number of anilines is 3. The molecule has 1 nitrogen and oxygen atoms in total. The van der Waals surface area contributed by atoms with Crippen molar-refractivity contribution in [2.45, 2.75) is 0 Å². The average Bonchev–Trinajstić information content (AvgIpc) is 3.55. The van der Waals surface area contributed by atoms with Crippen molar-refractivity contribution < 1.29 is 0 Å². The molecule has 1 heterocycles. The summed E-state index contributed by atoms with van der Waals surface area (Å²) in [6.07, 6.45) is 0. The van der Waals surface area contributed by atoms with Crippen LogP contribution in [-0.4, -0.2) is 0 Å². The summed E-state index contributed by atoms with van der Waals surface area (Å²) in [5.41, 5.74) is 10.8. The van der Waals surface area contributed by atoms with E-state index in [4.69, 9.17) is 0 Å². The lowest BCUT2D eigenvalue weighted by atomic mass is 9.91. The van der Waals surface area contributed by atoms with Crippen LogP contribution in [0.4, 0.5) is 17.1 Å². The summed E-state index contributed by atoms with van der Waals surface area (Å²) in [7, 11) is 0. The maximum absolute atomic E-state index is 2.44. The number of rotatable bonds is 6. The van der Waals surface area contributed by atoms with E-state index in [9.17, 15) is 0 Å². The first-order valence-corrected chi connectivity index (χ1v) is 17.2. The number of hydrogen-bond acceptors (Lipinski definition) is 2. The number of fused-ring (bicyclic) bond motifs is 4. The van der Waals surface area contributed by atoms with E-state index >= 15 is 0 Å². The normalized spacial score (nSPS) is 11.3. The molecule has 2 heteroatoms. The first kappa shape index (κ1) is 28.3. The second kappa shape index (κ2) is 12.0. The minimum Gasteiger partial charge on any atom is -0.308 e. The molecule has 9 rings (SSSR count). The molecule has 0 aliphatic rings. The molecule has 8 aromatic carbocycles. The van der Waals surface area contributed by atoms with Gasteiger partial charge in [0.05, 0.1) is 16.1 Å². The zero-order chi connectivity index (χ0) is 31.9. The topological polar surface area (TPSA) is 3.24 Å². The summed E-state index contributed by atoms with van der Waals surface area (Å²) in [4.78, 5) is 2.44. The lowest BCUT2D eigenvalue weighted by Gasteiger charge is -2.27.